The van der Waals surface area contributed by atoms with Crippen LogP contribution in [0.3, 0.4) is 0 Å². The molecular weight excluding hydrogens is 560 g/mol. The molecule has 0 spiro atoms. The van der Waals surface area contributed by atoms with Crippen molar-refractivity contribution < 1.29 is 4.42 Å². The van der Waals surface area contributed by atoms with Gasteiger partial charge in [0.05, 0.1) is 0 Å². The Hall–Kier alpha value is -5.51. The minimum Gasteiger partial charge on any atom is -0.452 e. The first-order valence-corrected chi connectivity index (χ1v) is 15.0. The number of aromatic nitrogens is 2. The van der Waals surface area contributed by atoms with Crippen LogP contribution in [0.1, 0.15) is 0 Å². The summed E-state index contributed by atoms with van der Waals surface area (Å²) in [5.74, 6) is 0.667. The van der Waals surface area contributed by atoms with Crippen LogP contribution in [0.2, 0.25) is 5.02 Å². The van der Waals surface area contributed by atoms with Gasteiger partial charge in [0.25, 0.3) is 0 Å². The van der Waals surface area contributed by atoms with Gasteiger partial charge in [0.1, 0.15) is 16.8 Å². The van der Waals surface area contributed by atoms with E-state index < -0.39 is 0 Å². The Kier molecular flexibility index (Phi) is 5.56. The van der Waals surface area contributed by atoms with E-state index in [-0.39, 0.29) is 0 Å². The van der Waals surface area contributed by atoms with Gasteiger partial charge in [0, 0.05) is 27.1 Å². The number of furan rings is 1. The number of halogens is 1. The summed E-state index contributed by atoms with van der Waals surface area (Å²) in [5.41, 5.74) is 6.86. The van der Waals surface area contributed by atoms with Crippen LogP contribution in [0.15, 0.2) is 144 Å². The maximum atomic E-state index is 7.06. The first-order valence-electron chi connectivity index (χ1n) is 14.6. The van der Waals surface area contributed by atoms with E-state index in [0.29, 0.717) is 16.4 Å². The van der Waals surface area contributed by atoms with E-state index in [2.05, 4.69) is 91.0 Å². The van der Waals surface area contributed by atoms with Crippen molar-refractivity contribution in [1.82, 2.24) is 9.97 Å². The number of hydrogen-bond donors (Lipinski definition) is 0. The smallest absolute Gasteiger partial charge is 0.180 e. The fourth-order valence-electron chi connectivity index (χ4n) is 6.46. The molecule has 0 saturated carbocycles. The van der Waals surface area contributed by atoms with Crippen molar-refractivity contribution in [3.8, 4) is 33.8 Å². The van der Waals surface area contributed by atoms with Crippen molar-refractivity contribution in [2.24, 2.45) is 0 Å². The number of hydrogen-bond acceptors (Lipinski definition) is 3. The molecule has 0 fully saturated rings. The van der Waals surface area contributed by atoms with Crippen molar-refractivity contribution in [2.45, 2.75) is 0 Å². The molecule has 0 saturated heterocycles. The summed E-state index contributed by atoms with van der Waals surface area (Å²) in [6.07, 6.45) is 0. The monoisotopic (exact) mass is 582 g/mol. The highest BCUT2D eigenvalue weighted by molar-refractivity contribution is 6.36. The van der Waals surface area contributed by atoms with Crippen LogP contribution in [0.4, 0.5) is 0 Å². The largest absolute Gasteiger partial charge is 0.452 e. The van der Waals surface area contributed by atoms with E-state index in [1.54, 1.807) is 0 Å². The molecule has 0 radical (unpaired) electrons. The molecule has 0 N–H and O–H groups in total. The fraction of sp³-hybridized carbons (Fsp3) is 0. The highest BCUT2D eigenvalue weighted by atomic mass is 35.5. The quantitative estimate of drug-likeness (QED) is 0.194. The lowest BCUT2D eigenvalue weighted by Gasteiger charge is -2.13. The Balaban J connectivity index is 1.29. The van der Waals surface area contributed by atoms with Crippen molar-refractivity contribution in [1.29, 1.82) is 0 Å². The number of nitrogens with zero attached hydrogens (tertiary/aromatic N) is 2. The second-order valence-corrected chi connectivity index (χ2v) is 11.5. The standard InChI is InChI=1S/C40H23ClN2O/c41-35-23-34-30-18-10-8-16-28(30)27-15-7-9-17-29(27)33(34)22-32(35)26-19-20-31-36(21-26)44-39-37(24-11-3-1-4-12-24)42-40(43-38(31)39)25-13-5-2-6-14-25/h1-23H. The zero-order chi connectivity index (χ0) is 29.2. The third-order valence-electron chi connectivity index (χ3n) is 8.54. The molecule has 44 heavy (non-hydrogen) atoms. The molecule has 0 amide bonds. The average molecular weight is 583 g/mol. The Morgan fingerprint density at radius 1 is 0.455 bits per heavy atom. The molecule has 0 bridgehead atoms. The summed E-state index contributed by atoms with van der Waals surface area (Å²) in [4.78, 5) is 10.0. The third kappa shape index (κ3) is 3.83. The molecule has 9 aromatic rings. The molecule has 0 aliphatic rings. The molecule has 9 rings (SSSR count). The molecule has 2 heterocycles. The van der Waals surface area contributed by atoms with E-state index in [1.165, 1.54) is 26.9 Å². The van der Waals surface area contributed by atoms with Crippen LogP contribution >= 0.6 is 11.6 Å². The lowest BCUT2D eigenvalue weighted by atomic mass is 9.92. The molecule has 206 valence electrons. The molecule has 3 nitrogen and oxygen atoms in total. The zero-order valence-corrected chi connectivity index (χ0v) is 24.2. The number of benzene rings is 7. The molecule has 0 unspecified atom stereocenters. The zero-order valence-electron chi connectivity index (χ0n) is 23.5. The van der Waals surface area contributed by atoms with E-state index in [1.807, 2.05) is 48.5 Å². The maximum absolute atomic E-state index is 7.06. The van der Waals surface area contributed by atoms with Crippen molar-refractivity contribution >= 4 is 66.0 Å². The van der Waals surface area contributed by atoms with Crippen LogP contribution in [0, 0.1) is 0 Å². The summed E-state index contributed by atoms with van der Waals surface area (Å²) >= 11 is 7.06. The van der Waals surface area contributed by atoms with E-state index >= 15 is 0 Å². The molecule has 0 atom stereocenters. The SMILES string of the molecule is Clc1cc2c3ccccc3c3ccccc3c2cc1-c1ccc2c(c1)oc1c(-c3ccccc3)nc(-c3ccccc3)nc12. The van der Waals surface area contributed by atoms with Gasteiger partial charge in [-0.05, 0) is 62.1 Å². The van der Waals surface area contributed by atoms with Gasteiger partial charge in [-0.15, -0.1) is 0 Å². The maximum Gasteiger partial charge on any atom is 0.180 e. The Labute approximate surface area is 258 Å². The molecule has 7 aromatic carbocycles. The topological polar surface area (TPSA) is 38.9 Å². The Morgan fingerprint density at radius 3 is 1.68 bits per heavy atom. The minimum absolute atomic E-state index is 0.667. The number of rotatable bonds is 3. The van der Waals surface area contributed by atoms with Gasteiger partial charge in [-0.1, -0.05) is 127 Å². The Morgan fingerprint density at radius 2 is 1.02 bits per heavy atom. The van der Waals surface area contributed by atoms with Gasteiger partial charge >= 0.3 is 0 Å². The predicted molar refractivity (Wildman–Crippen MR) is 183 cm³/mol. The first kappa shape index (κ1) is 25.0. The van der Waals surface area contributed by atoms with Gasteiger partial charge in [-0.25, -0.2) is 9.97 Å². The molecule has 4 heteroatoms. The first-order chi connectivity index (χ1) is 21.7. The fourth-order valence-corrected chi connectivity index (χ4v) is 6.74. The second-order valence-electron chi connectivity index (χ2n) is 11.1. The van der Waals surface area contributed by atoms with Crippen molar-refractivity contribution in [2.75, 3.05) is 0 Å². The van der Waals surface area contributed by atoms with Gasteiger partial charge in [0.15, 0.2) is 11.4 Å². The minimum atomic E-state index is 0.667. The van der Waals surface area contributed by atoms with Crippen LogP contribution < -0.4 is 0 Å². The molecular formula is C40H23ClN2O. The normalized spacial score (nSPS) is 11.8. The summed E-state index contributed by atoms with van der Waals surface area (Å²) in [6, 6.07) is 47.9. The third-order valence-corrected chi connectivity index (χ3v) is 8.85. The van der Waals surface area contributed by atoms with Gasteiger partial charge in [0.2, 0.25) is 0 Å². The highest BCUT2D eigenvalue weighted by Gasteiger charge is 2.19. The average Bonchev–Trinajstić information content (AvgIpc) is 3.46. The van der Waals surface area contributed by atoms with Gasteiger partial charge < -0.3 is 4.42 Å². The molecule has 0 aliphatic carbocycles. The lowest BCUT2D eigenvalue weighted by Crippen LogP contribution is -1.93. The van der Waals surface area contributed by atoms with E-state index in [0.717, 1.165) is 49.8 Å². The number of fused-ring (bicyclic) bond motifs is 9. The van der Waals surface area contributed by atoms with Crippen LogP contribution in [-0.4, -0.2) is 9.97 Å². The van der Waals surface area contributed by atoms with Crippen LogP contribution in [-0.2, 0) is 0 Å². The van der Waals surface area contributed by atoms with Crippen molar-refractivity contribution in [3.05, 3.63) is 145 Å². The van der Waals surface area contributed by atoms with Crippen LogP contribution in [0.25, 0.3) is 88.2 Å². The van der Waals surface area contributed by atoms with Crippen LogP contribution in [0.5, 0.6) is 0 Å². The van der Waals surface area contributed by atoms with Gasteiger partial charge in [-0.3, -0.25) is 0 Å². The summed E-state index contributed by atoms with van der Waals surface area (Å²) in [7, 11) is 0. The molecule has 2 aromatic heterocycles. The molecule has 0 aliphatic heterocycles. The summed E-state index contributed by atoms with van der Waals surface area (Å²) in [6.45, 7) is 0. The summed E-state index contributed by atoms with van der Waals surface area (Å²) < 4.78 is 6.58. The van der Waals surface area contributed by atoms with E-state index in [4.69, 9.17) is 26.0 Å². The Bertz CT molecular complexity index is 2550. The van der Waals surface area contributed by atoms with Gasteiger partial charge in [-0.2, -0.15) is 0 Å². The predicted octanol–water partition coefficient (Wildman–Crippen LogP) is 11.5. The van der Waals surface area contributed by atoms with Crippen molar-refractivity contribution in [3.63, 3.8) is 0 Å². The summed E-state index contributed by atoms with van der Waals surface area (Å²) in [5, 5.41) is 8.83. The lowest BCUT2D eigenvalue weighted by molar-refractivity contribution is 0.667. The second kappa shape index (κ2) is 9.77. The van der Waals surface area contributed by atoms with E-state index in [9.17, 15) is 0 Å². The highest BCUT2D eigenvalue weighted by Crippen LogP contribution is 2.42.